The monoisotopic (exact) mass is 445 g/mol. The van der Waals surface area contributed by atoms with Crippen molar-refractivity contribution in [3.05, 3.63) is 48.9 Å². The molecular weight excluding hydrogens is 418 g/mol. The molecule has 1 saturated heterocycles. The molecule has 0 saturated carbocycles. The summed E-state index contributed by atoms with van der Waals surface area (Å²) in [6.45, 7) is 3.76. The molecule has 1 aliphatic rings. The van der Waals surface area contributed by atoms with E-state index in [0.29, 0.717) is 29.8 Å². The van der Waals surface area contributed by atoms with Gasteiger partial charge in [0.05, 0.1) is 43.5 Å². The van der Waals surface area contributed by atoms with Gasteiger partial charge in [-0.25, -0.2) is 19.9 Å². The Morgan fingerprint density at radius 2 is 1.73 bits per heavy atom. The van der Waals surface area contributed by atoms with E-state index in [9.17, 15) is 0 Å². The zero-order valence-corrected chi connectivity index (χ0v) is 19.1. The smallest absolute Gasteiger partial charge is 0.233 e. The largest absolute Gasteiger partial charge is 0.493 e. The molecule has 1 aliphatic heterocycles. The first kappa shape index (κ1) is 21.2. The minimum atomic E-state index is -0.00873. The molecule has 3 heterocycles. The van der Waals surface area contributed by atoms with Gasteiger partial charge in [-0.2, -0.15) is 0 Å². The predicted molar refractivity (Wildman–Crippen MR) is 127 cm³/mol. The number of ether oxygens (including phenoxy) is 3. The number of aromatic nitrogens is 4. The SMILES string of the molecule is CCCC1CN(c2ncnc3cc(OC)c(OC)cc23)CC1Oc1cnc2ccccc2n1. The Hall–Kier alpha value is -3.68. The van der Waals surface area contributed by atoms with Crippen LogP contribution in [-0.2, 0) is 0 Å². The summed E-state index contributed by atoms with van der Waals surface area (Å²) in [5.74, 6) is 3.09. The number of methoxy groups -OCH3 is 2. The summed E-state index contributed by atoms with van der Waals surface area (Å²) in [4.78, 5) is 20.5. The van der Waals surface area contributed by atoms with E-state index in [-0.39, 0.29) is 6.10 Å². The summed E-state index contributed by atoms with van der Waals surface area (Å²) in [7, 11) is 3.26. The van der Waals surface area contributed by atoms with Crippen LogP contribution in [0.2, 0.25) is 0 Å². The highest BCUT2D eigenvalue weighted by Crippen LogP contribution is 2.37. The van der Waals surface area contributed by atoms with Gasteiger partial charge < -0.3 is 19.1 Å². The molecular formula is C25H27N5O3. The highest BCUT2D eigenvalue weighted by molar-refractivity contribution is 5.92. The quantitative estimate of drug-likeness (QED) is 0.417. The summed E-state index contributed by atoms with van der Waals surface area (Å²) < 4.78 is 17.3. The maximum Gasteiger partial charge on any atom is 0.233 e. The third-order valence-corrected chi connectivity index (χ3v) is 6.16. The molecule has 0 radical (unpaired) electrons. The van der Waals surface area contributed by atoms with Gasteiger partial charge in [-0.05, 0) is 24.6 Å². The van der Waals surface area contributed by atoms with Crippen LogP contribution in [0.5, 0.6) is 17.4 Å². The van der Waals surface area contributed by atoms with Gasteiger partial charge in [-0.15, -0.1) is 0 Å². The number of benzene rings is 2. The van der Waals surface area contributed by atoms with Crippen molar-refractivity contribution in [3.63, 3.8) is 0 Å². The Morgan fingerprint density at radius 1 is 0.939 bits per heavy atom. The van der Waals surface area contributed by atoms with Crippen molar-refractivity contribution in [1.29, 1.82) is 0 Å². The Balaban J connectivity index is 1.45. The zero-order chi connectivity index (χ0) is 22.8. The van der Waals surface area contributed by atoms with Gasteiger partial charge in [-0.1, -0.05) is 25.5 Å². The molecule has 4 aromatic rings. The van der Waals surface area contributed by atoms with Crippen molar-refractivity contribution in [2.75, 3.05) is 32.2 Å². The molecule has 0 spiro atoms. The summed E-state index contributed by atoms with van der Waals surface area (Å²) in [6.07, 6.45) is 5.44. The molecule has 0 aliphatic carbocycles. The summed E-state index contributed by atoms with van der Waals surface area (Å²) in [5, 5.41) is 0.927. The van der Waals surface area contributed by atoms with E-state index in [1.54, 1.807) is 26.7 Å². The second-order valence-corrected chi connectivity index (χ2v) is 8.23. The zero-order valence-electron chi connectivity index (χ0n) is 19.1. The standard InChI is InChI=1S/C25H27N5O3/c1-4-7-16-13-30(14-23(16)33-24-12-26-18-8-5-6-9-19(18)29-24)25-17-10-21(31-2)22(32-3)11-20(17)27-15-28-25/h5-6,8-12,15-16,23H,4,7,13-14H2,1-3H3. The summed E-state index contributed by atoms with van der Waals surface area (Å²) in [5.41, 5.74) is 2.51. The highest BCUT2D eigenvalue weighted by atomic mass is 16.5. The number of fused-ring (bicyclic) bond motifs is 2. The number of anilines is 1. The van der Waals surface area contributed by atoms with Crippen LogP contribution in [0.15, 0.2) is 48.9 Å². The Morgan fingerprint density at radius 3 is 2.52 bits per heavy atom. The van der Waals surface area contributed by atoms with E-state index < -0.39 is 0 Å². The van der Waals surface area contributed by atoms with Crippen molar-refractivity contribution in [2.24, 2.45) is 5.92 Å². The molecule has 0 amide bonds. The first-order valence-corrected chi connectivity index (χ1v) is 11.2. The van der Waals surface area contributed by atoms with Gasteiger partial charge in [0, 0.05) is 23.9 Å². The van der Waals surface area contributed by atoms with Crippen LogP contribution in [0.1, 0.15) is 19.8 Å². The van der Waals surface area contributed by atoms with Gasteiger partial charge in [0.25, 0.3) is 0 Å². The summed E-state index contributed by atoms with van der Waals surface area (Å²) >= 11 is 0. The highest BCUT2D eigenvalue weighted by Gasteiger charge is 2.35. The van der Waals surface area contributed by atoms with Crippen LogP contribution in [-0.4, -0.2) is 53.3 Å². The third kappa shape index (κ3) is 4.08. The van der Waals surface area contributed by atoms with E-state index in [0.717, 1.165) is 47.1 Å². The number of hydrogen-bond donors (Lipinski definition) is 0. The lowest BCUT2D eigenvalue weighted by molar-refractivity contribution is 0.161. The fourth-order valence-electron chi connectivity index (χ4n) is 4.57. The van der Waals surface area contributed by atoms with Crippen molar-refractivity contribution in [1.82, 2.24) is 19.9 Å². The lowest BCUT2D eigenvalue weighted by atomic mass is 10.0. The minimum Gasteiger partial charge on any atom is -0.493 e. The number of nitrogens with zero attached hydrogens (tertiary/aromatic N) is 5. The van der Waals surface area contributed by atoms with Gasteiger partial charge in [0.2, 0.25) is 5.88 Å². The molecule has 1 fully saturated rings. The van der Waals surface area contributed by atoms with Crippen LogP contribution in [0.3, 0.4) is 0 Å². The Bertz CT molecular complexity index is 1280. The molecule has 170 valence electrons. The fraction of sp³-hybridized carbons (Fsp3) is 0.360. The Labute approximate surface area is 192 Å². The molecule has 2 aromatic heterocycles. The maximum absolute atomic E-state index is 6.39. The molecule has 33 heavy (non-hydrogen) atoms. The molecule has 2 aromatic carbocycles. The lowest BCUT2D eigenvalue weighted by Crippen LogP contribution is -2.27. The number of rotatable bonds is 7. The molecule has 2 unspecified atom stereocenters. The second kappa shape index (κ2) is 9.05. The number of para-hydroxylation sites is 2. The molecule has 0 N–H and O–H groups in total. The lowest BCUT2D eigenvalue weighted by Gasteiger charge is -2.20. The third-order valence-electron chi connectivity index (χ3n) is 6.16. The fourth-order valence-corrected chi connectivity index (χ4v) is 4.57. The predicted octanol–water partition coefficient (Wildman–Crippen LogP) is 4.27. The molecule has 5 rings (SSSR count). The van der Waals surface area contributed by atoms with Crippen LogP contribution in [0, 0.1) is 5.92 Å². The second-order valence-electron chi connectivity index (χ2n) is 8.23. The topological polar surface area (TPSA) is 82.5 Å². The molecule has 2 atom stereocenters. The molecule has 8 nitrogen and oxygen atoms in total. The van der Waals surface area contributed by atoms with Gasteiger partial charge in [-0.3, -0.25) is 0 Å². The average molecular weight is 446 g/mol. The van der Waals surface area contributed by atoms with Crippen molar-refractivity contribution < 1.29 is 14.2 Å². The Kier molecular flexibility index (Phi) is 5.81. The van der Waals surface area contributed by atoms with E-state index in [4.69, 9.17) is 14.2 Å². The first-order chi connectivity index (χ1) is 16.2. The van der Waals surface area contributed by atoms with E-state index in [1.807, 2.05) is 36.4 Å². The van der Waals surface area contributed by atoms with E-state index in [2.05, 4.69) is 31.8 Å². The van der Waals surface area contributed by atoms with Gasteiger partial charge >= 0.3 is 0 Å². The van der Waals surface area contributed by atoms with Gasteiger partial charge in [0.15, 0.2) is 11.5 Å². The van der Waals surface area contributed by atoms with Crippen LogP contribution < -0.4 is 19.1 Å². The number of hydrogen-bond acceptors (Lipinski definition) is 8. The van der Waals surface area contributed by atoms with E-state index >= 15 is 0 Å². The maximum atomic E-state index is 6.39. The average Bonchev–Trinajstić information content (AvgIpc) is 3.24. The molecule has 0 bridgehead atoms. The first-order valence-electron chi connectivity index (χ1n) is 11.2. The van der Waals surface area contributed by atoms with Crippen LogP contribution in [0.4, 0.5) is 5.82 Å². The van der Waals surface area contributed by atoms with Crippen molar-refractivity contribution in [3.8, 4) is 17.4 Å². The van der Waals surface area contributed by atoms with Crippen LogP contribution in [0.25, 0.3) is 21.9 Å². The minimum absolute atomic E-state index is 0.00873. The van der Waals surface area contributed by atoms with Crippen LogP contribution >= 0.6 is 0 Å². The summed E-state index contributed by atoms with van der Waals surface area (Å²) in [6, 6.07) is 11.7. The van der Waals surface area contributed by atoms with Crippen molar-refractivity contribution >= 4 is 27.8 Å². The van der Waals surface area contributed by atoms with Crippen molar-refractivity contribution in [2.45, 2.75) is 25.9 Å². The van der Waals surface area contributed by atoms with Gasteiger partial charge in [0.1, 0.15) is 18.2 Å². The van der Waals surface area contributed by atoms with E-state index in [1.165, 1.54) is 0 Å². The molecule has 8 heteroatoms. The normalized spacial score (nSPS) is 18.1.